The number of aliphatic hydroxyl groups excluding tert-OH is 1. The molecular formula is C14H14BrNO2. The second-order valence-electron chi connectivity index (χ2n) is 5.13. The molecule has 4 heteroatoms. The van der Waals surface area contributed by atoms with Crippen molar-refractivity contribution in [2.75, 3.05) is 0 Å². The van der Waals surface area contributed by atoms with Gasteiger partial charge in [0.05, 0.1) is 18.3 Å². The van der Waals surface area contributed by atoms with Gasteiger partial charge in [0.2, 0.25) is 0 Å². The van der Waals surface area contributed by atoms with Crippen molar-refractivity contribution in [3.8, 4) is 6.07 Å². The average molecular weight is 308 g/mol. The van der Waals surface area contributed by atoms with Crippen LogP contribution in [0.5, 0.6) is 0 Å². The first-order valence-corrected chi connectivity index (χ1v) is 6.95. The molecule has 3 rings (SSSR count). The maximum Gasteiger partial charge on any atom is 0.116 e. The van der Waals surface area contributed by atoms with Crippen LogP contribution in [0.25, 0.3) is 0 Å². The van der Waals surface area contributed by atoms with E-state index in [9.17, 15) is 10.4 Å². The molecule has 1 aromatic rings. The summed E-state index contributed by atoms with van der Waals surface area (Å²) in [5.74, 6) is 0. The summed E-state index contributed by atoms with van der Waals surface area (Å²) < 4.78 is 6.72. The zero-order chi connectivity index (χ0) is 12.8. The number of ether oxygens (including phenoxy) is 1. The highest BCUT2D eigenvalue weighted by Gasteiger charge is 2.57. The average Bonchev–Trinajstić information content (AvgIpc) is 2.99. The quantitative estimate of drug-likeness (QED) is 0.914. The van der Waals surface area contributed by atoms with Gasteiger partial charge in [-0.15, -0.1) is 0 Å². The van der Waals surface area contributed by atoms with Crippen molar-refractivity contribution in [3.63, 3.8) is 0 Å². The van der Waals surface area contributed by atoms with Crippen LogP contribution in [0, 0.1) is 16.7 Å². The van der Waals surface area contributed by atoms with Gasteiger partial charge >= 0.3 is 0 Å². The highest BCUT2D eigenvalue weighted by atomic mass is 79.9. The summed E-state index contributed by atoms with van der Waals surface area (Å²) >= 11 is 3.37. The maximum absolute atomic E-state index is 10.6. The predicted octanol–water partition coefficient (Wildman–Crippen LogP) is 2.94. The first kappa shape index (κ1) is 12.2. The first-order chi connectivity index (χ1) is 8.65. The van der Waals surface area contributed by atoms with Crippen molar-refractivity contribution >= 4 is 15.9 Å². The van der Waals surface area contributed by atoms with Gasteiger partial charge in [-0.2, -0.15) is 5.26 Å². The van der Waals surface area contributed by atoms with Crippen molar-refractivity contribution in [1.82, 2.24) is 0 Å². The van der Waals surface area contributed by atoms with Crippen LogP contribution in [0.3, 0.4) is 0 Å². The number of nitriles is 1. The van der Waals surface area contributed by atoms with Gasteiger partial charge in [-0.05, 0) is 37.0 Å². The number of nitrogens with zero attached hydrogens (tertiary/aromatic N) is 1. The summed E-state index contributed by atoms with van der Waals surface area (Å²) in [7, 11) is 0. The van der Waals surface area contributed by atoms with Gasteiger partial charge in [0, 0.05) is 4.47 Å². The van der Waals surface area contributed by atoms with E-state index in [-0.39, 0.29) is 12.2 Å². The second-order valence-corrected chi connectivity index (χ2v) is 6.05. The molecule has 0 aliphatic carbocycles. The minimum absolute atomic E-state index is 0.119. The van der Waals surface area contributed by atoms with Crippen molar-refractivity contribution in [3.05, 3.63) is 34.3 Å². The minimum atomic E-state index is -0.772. The first-order valence-electron chi connectivity index (χ1n) is 6.16. The van der Waals surface area contributed by atoms with Gasteiger partial charge in [0.25, 0.3) is 0 Å². The summed E-state index contributed by atoms with van der Waals surface area (Å²) in [5.41, 5.74) is 0.0208. The minimum Gasteiger partial charge on any atom is -0.387 e. The molecule has 94 valence electrons. The fourth-order valence-corrected chi connectivity index (χ4v) is 3.42. The molecule has 1 N–H and O–H groups in total. The van der Waals surface area contributed by atoms with Crippen LogP contribution in [-0.2, 0) is 4.74 Å². The van der Waals surface area contributed by atoms with Crippen LogP contribution in [0.1, 0.15) is 30.9 Å². The van der Waals surface area contributed by atoms with Crippen LogP contribution in [0.15, 0.2) is 28.7 Å². The van der Waals surface area contributed by atoms with Crippen molar-refractivity contribution in [2.24, 2.45) is 5.41 Å². The zero-order valence-corrected chi connectivity index (χ0v) is 11.4. The van der Waals surface area contributed by atoms with Crippen LogP contribution in [-0.4, -0.2) is 17.3 Å². The van der Waals surface area contributed by atoms with Crippen LogP contribution in [0.4, 0.5) is 0 Å². The Kier molecular flexibility index (Phi) is 2.93. The standard InChI is InChI=1S/C14H14BrNO2/c15-10-3-1-9(2-4-10)13(17)14(8-16)7-11-5-6-12(14)18-11/h1-4,11-13,17H,5-7H2. The Bertz CT molecular complexity index is 496. The molecule has 0 saturated carbocycles. The lowest BCUT2D eigenvalue weighted by Gasteiger charge is -2.33. The molecule has 2 saturated heterocycles. The van der Waals surface area contributed by atoms with E-state index in [0.717, 1.165) is 22.9 Å². The fourth-order valence-electron chi connectivity index (χ4n) is 3.15. The molecule has 18 heavy (non-hydrogen) atoms. The Hall–Kier alpha value is -0.890. The van der Waals surface area contributed by atoms with Crippen molar-refractivity contribution < 1.29 is 9.84 Å². The Morgan fingerprint density at radius 1 is 1.39 bits per heavy atom. The van der Waals surface area contributed by atoms with Gasteiger partial charge < -0.3 is 9.84 Å². The van der Waals surface area contributed by atoms with Crippen LogP contribution in [0.2, 0.25) is 0 Å². The van der Waals surface area contributed by atoms with E-state index in [1.807, 2.05) is 24.3 Å². The van der Waals surface area contributed by atoms with E-state index >= 15 is 0 Å². The highest BCUT2D eigenvalue weighted by Crippen LogP contribution is 2.53. The molecule has 4 atom stereocenters. The molecule has 2 aliphatic rings. The Labute approximate surface area is 115 Å². The topological polar surface area (TPSA) is 53.2 Å². The summed E-state index contributed by atoms with van der Waals surface area (Å²) in [5, 5.41) is 20.1. The van der Waals surface area contributed by atoms with Gasteiger partial charge in [-0.25, -0.2) is 0 Å². The lowest BCUT2D eigenvalue weighted by molar-refractivity contribution is 0.00341. The summed E-state index contributed by atoms with van der Waals surface area (Å²) in [6.07, 6.45) is 1.80. The van der Waals surface area contributed by atoms with E-state index in [4.69, 9.17) is 4.74 Å². The summed E-state index contributed by atoms with van der Waals surface area (Å²) in [4.78, 5) is 0. The lowest BCUT2D eigenvalue weighted by Crippen LogP contribution is -2.37. The van der Waals surface area contributed by atoms with Crippen LogP contribution < -0.4 is 0 Å². The monoisotopic (exact) mass is 307 g/mol. The molecular weight excluding hydrogens is 294 g/mol. The predicted molar refractivity (Wildman–Crippen MR) is 69.7 cm³/mol. The number of hydrogen-bond acceptors (Lipinski definition) is 3. The molecule has 2 bridgehead atoms. The van der Waals surface area contributed by atoms with Gasteiger partial charge in [-0.1, -0.05) is 28.1 Å². The largest absolute Gasteiger partial charge is 0.387 e. The number of fused-ring (bicyclic) bond motifs is 2. The number of benzene rings is 1. The Morgan fingerprint density at radius 2 is 2.11 bits per heavy atom. The maximum atomic E-state index is 10.6. The van der Waals surface area contributed by atoms with E-state index in [0.29, 0.717) is 6.42 Å². The number of aliphatic hydroxyl groups is 1. The lowest BCUT2D eigenvalue weighted by atomic mass is 9.69. The molecule has 0 aromatic heterocycles. The Morgan fingerprint density at radius 3 is 2.61 bits per heavy atom. The van der Waals surface area contributed by atoms with Crippen LogP contribution >= 0.6 is 15.9 Å². The Balaban J connectivity index is 1.93. The van der Waals surface area contributed by atoms with Gasteiger partial charge in [-0.3, -0.25) is 0 Å². The third kappa shape index (κ3) is 1.70. The number of halogens is 1. The summed E-state index contributed by atoms with van der Waals surface area (Å²) in [6, 6.07) is 9.83. The van der Waals surface area contributed by atoms with Crippen molar-refractivity contribution in [2.45, 2.75) is 37.6 Å². The molecule has 2 heterocycles. The number of hydrogen-bond donors (Lipinski definition) is 1. The zero-order valence-electron chi connectivity index (χ0n) is 9.84. The third-order valence-electron chi connectivity index (χ3n) is 4.13. The molecule has 0 amide bonds. The normalized spacial score (nSPS) is 35.4. The smallest absolute Gasteiger partial charge is 0.116 e. The third-order valence-corrected chi connectivity index (χ3v) is 4.66. The van der Waals surface area contributed by atoms with E-state index in [1.165, 1.54) is 0 Å². The molecule has 0 radical (unpaired) electrons. The van der Waals surface area contributed by atoms with E-state index < -0.39 is 11.5 Å². The van der Waals surface area contributed by atoms with E-state index in [1.54, 1.807) is 0 Å². The SMILES string of the molecule is N#CC1(C(O)c2ccc(Br)cc2)CC2CCC1O2. The molecule has 2 aliphatic heterocycles. The fraction of sp³-hybridized carbons (Fsp3) is 0.500. The molecule has 2 fully saturated rings. The molecule has 1 aromatic carbocycles. The van der Waals surface area contributed by atoms with Crippen molar-refractivity contribution in [1.29, 1.82) is 5.26 Å². The van der Waals surface area contributed by atoms with E-state index in [2.05, 4.69) is 22.0 Å². The molecule has 3 nitrogen and oxygen atoms in total. The molecule has 0 spiro atoms. The van der Waals surface area contributed by atoms with Gasteiger partial charge in [0.15, 0.2) is 0 Å². The highest BCUT2D eigenvalue weighted by molar-refractivity contribution is 9.10. The second kappa shape index (κ2) is 4.34. The van der Waals surface area contributed by atoms with Gasteiger partial charge in [0.1, 0.15) is 11.5 Å². The number of rotatable bonds is 2. The molecule has 4 unspecified atom stereocenters. The summed E-state index contributed by atoms with van der Waals surface area (Å²) in [6.45, 7) is 0.